The monoisotopic (exact) mass is 334 g/mol. The number of amides is 3. The zero-order valence-electron chi connectivity index (χ0n) is 14.5. The van der Waals surface area contributed by atoms with Gasteiger partial charge in [-0.25, -0.2) is 9.59 Å². The molecule has 1 aliphatic heterocycles. The van der Waals surface area contributed by atoms with Crippen molar-refractivity contribution in [2.75, 3.05) is 19.6 Å². The SMILES string of the molecule is CC(C)(C)OC(=O)N1CC[C@H](NC(=O)NCCc2cccnc2)C1. The van der Waals surface area contributed by atoms with Gasteiger partial charge in [0.1, 0.15) is 5.60 Å². The zero-order valence-corrected chi connectivity index (χ0v) is 14.5. The molecule has 0 radical (unpaired) electrons. The van der Waals surface area contributed by atoms with Crippen LogP contribution in [-0.2, 0) is 11.2 Å². The number of nitrogens with zero attached hydrogens (tertiary/aromatic N) is 2. The minimum Gasteiger partial charge on any atom is -0.444 e. The van der Waals surface area contributed by atoms with Crippen molar-refractivity contribution in [1.29, 1.82) is 0 Å². The second-order valence-electron chi connectivity index (χ2n) is 6.92. The Balaban J connectivity index is 1.67. The molecule has 24 heavy (non-hydrogen) atoms. The van der Waals surface area contributed by atoms with Gasteiger partial charge in [-0.1, -0.05) is 6.07 Å². The van der Waals surface area contributed by atoms with E-state index in [0.717, 1.165) is 18.4 Å². The molecule has 132 valence electrons. The quantitative estimate of drug-likeness (QED) is 0.881. The van der Waals surface area contributed by atoms with Crippen molar-refractivity contribution in [1.82, 2.24) is 20.5 Å². The molecular formula is C17H26N4O3. The van der Waals surface area contributed by atoms with Crippen LogP contribution in [-0.4, -0.2) is 53.3 Å². The van der Waals surface area contributed by atoms with Crippen LogP contribution in [0.25, 0.3) is 0 Å². The second-order valence-corrected chi connectivity index (χ2v) is 6.92. The molecule has 0 saturated carbocycles. The Morgan fingerprint density at radius 3 is 2.88 bits per heavy atom. The van der Waals surface area contributed by atoms with Crippen LogP contribution in [0.5, 0.6) is 0 Å². The van der Waals surface area contributed by atoms with E-state index in [0.29, 0.717) is 19.6 Å². The standard InChI is InChI=1S/C17H26N4O3/c1-17(2,3)24-16(23)21-10-7-14(12-21)20-15(22)19-9-6-13-5-4-8-18-11-13/h4-5,8,11,14H,6-7,9-10,12H2,1-3H3,(H2,19,20,22)/t14-/m0/s1. The number of rotatable bonds is 4. The fourth-order valence-corrected chi connectivity index (χ4v) is 2.47. The Morgan fingerprint density at radius 2 is 2.21 bits per heavy atom. The van der Waals surface area contributed by atoms with E-state index < -0.39 is 5.60 Å². The third kappa shape index (κ3) is 6.06. The average molecular weight is 334 g/mol. The summed E-state index contributed by atoms with van der Waals surface area (Å²) in [7, 11) is 0. The number of urea groups is 1. The van der Waals surface area contributed by atoms with Gasteiger partial charge in [0.2, 0.25) is 0 Å². The second kappa shape index (κ2) is 7.99. The van der Waals surface area contributed by atoms with Gasteiger partial charge in [0.15, 0.2) is 0 Å². The van der Waals surface area contributed by atoms with Gasteiger partial charge >= 0.3 is 12.1 Å². The third-order valence-electron chi connectivity index (χ3n) is 3.60. The highest BCUT2D eigenvalue weighted by Gasteiger charge is 2.30. The van der Waals surface area contributed by atoms with Crippen molar-refractivity contribution in [3.05, 3.63) is 30.1 Å². The van der Waals surface area contributed by atoms with Gasteiger partial charge in [-0.15, -0.1) is 0 Å². The van der Waals surface area contributed by atoms with Crippen molar-refractivity contribution in [3.8, 4) is 0 Å². The number of pyridine rings is 1. The number of hydrogen-bond acceptors (Lipinski definition) is 4. The molecule has 0 aromatic carbocycles. The average Bonchev–Trinajstić information content (AvgIpc) is 2.95. The summed E-state index contributed by atoms with van der Waals surface area (Å²) in [5.41, 5.74) is 0.571. The Labute approximate surface area is 142 Å². The number of ether oxygens (including phenoxy) is 1. The Kier molecular flexibility index (Phi) is 6.00. The fourth-order valence-electron chi connectivity index (χ4n) is 2.47. The molecule has 3 amide bonds. The number of nitrogens with one attached hydrogen (secondary N) is 2. The summed E-state index contributed by atoms with van der Waals surface area (Å²) in [6.07, 6.45) is 4.64. The molecule has 0 bridgehead atoms. The number of likely N-dealkylation sites (tertiary alicyclic amines) is 1. The van der Waals surface area contributed by atoms with Crippen LogP contribution in [0.3, 0.4) is 0 Å². The summed E-state index contributed by atoms with van der Waals surface area (Å²) >= 11 is 0. The number of carbonyl (C=O) groups is 2. The fraction of sp³-hybridized carbons (Fsp3) is 0.588. The molecule has 2 heterocycles. The predicted molar refractivity (Wildman–Crippen MR) is 90.7 cm³/mol. The van der Waals surface area contributed by atoms with E-state index in [-0.39, 0.29) is 18.2 Å². The van der Waals surface area contributed by atoms with Crippen LogP contribution < -0.4 is 10.6 Å². The molecule has 1 fully saturated rings. The molecule has 1 aromatic rings. The molecule has 0 unspecified atom stereocenters. The van der Waals surface area contributed by atoms with E-state index in [1.54, 1.807) is 17.3 Å². The summed E-state index contributed by atoms with van der Waals surface area (Å²) in [5, 5.41) is 5.73. The minimum atomic E-state index is -0.508. The van der Waals surface area contributed by atoms with Crippen LogP contribution in [0.15, 0.2) is 24.5 Å². The van der Waals surface area contributed by atoms with Gasteiger partial charge in [0.25, 0.3) is 0 Å². The minimum absolute atomic E-state index is 0.0455. The number of hydrogen-bond donors (Lipinski definition) is 2. The highest BCUT2D eigenvalue weighted by Crippen LogP contribution is 2.15. The van der Waals surface area contributed by atoms with Crippen LogP contribution in [0.1, 0.15) is 32.8 Å². The van der Waals surface area contributed by atoms with E-state index in [1.165, 1.54) is 0 Å². The van der Waals surface area contributed by atoms with Crippen LogP contribution in [0.2, 0.25) is 0 Å². The van der Waals surface area contributed by atoms with Crippen molar-refractivity contribution in [2.24, 2.45) is 0 Å². The van der Waals surface area contributed by atoms with Crippen LogP contribution >= 0.6 is 0 Å². The maximum absolute atomic E-state index is 12.0. The van der Waals surface area contributed by atoms with Crippen LogP contribution in [0, 0.1) is 0 Å². The van der Waals surface area contributed by atoms with Gasteiger partial charge in [-0.05, 0) is 45.2 Å². The van der Waals surface area contributed by atoms with Crippen molar-refractivity contribution >= 4 is 12.1 Å². The molecule has 7 heteroatoms. The lowest BCUT2D eigenvalue weighted by Crippen LogP contribution is -2.44. The largest absolute Gasteiger partial charge is 0.444 e. The highest BCUT2D eigenvalue weighted by molar-refractivity contribution is 5.74. The maximum atomic E-state index is 12.0. The maximum Gasteiger partial charge on any atom is 0.410 e. The Morgan fingerprint density at radius 1 is 1.42 bits per heavy atom. The molecule has 0 spiro atoms. The van der Waals surface area contributed by atoms with E-state index in [9.17, 15) is 9.59 Å². The molecule has 7 nitrogen and oxygen atoms in total. The van der Waals surface area contributed by atoms with Crippen molar-refractivity contribution in [2.45, 2.75) is 45.3 Å². The van der Waals surface area contributed by atoms with Gasteiger partial charge in [0, 0.05) is 38.1 Å². The summed E-state index contributed by atoms with van der Waals surface area (Å²) in [5.74, 6) is 0. The highest BCUT2D eigenvalue weighted by atomic mass is 16.6. The van der Waals surface area contributed by atoms with Gasteiger partial charge in [0.05, 0.1) is 0 Å². The molecule has 1 saturated heterocycles. The lowest BCUT2D eigenvalue weighted by molar-refractivity contribution is 0.0291. The van der Waals surface area contributed by atoms with E-state index in [1.807, 2.05) is 32.9 Å². The summed E-state index contributed by atoms with van der Waals surface area (Å²) in [6.45, 7) is 7.13. The first-order valence-electron chi connectivity index (χ1n) is 8.25. The van der Waals surface area contributed by atoms with E-state index in [2.05, 4.69) is 15.6 Å². The number of aromatic nitrogens is 1. The first kappa shape index (κ1) is 18.0. The summed E-state index contributed by atoms with van der Waals surface area (Å²) < 4.78 is 5.34. The molecule has 1 aliphatic rings. The molecule has 0 aliphatic carbocycles. The van der Waals surface area contributed by atoms with Crippen molar-refractivity contribution in [3.63, 3.8) is 0 Å². The summed E-state index contributed by atoms with van der Waals surface area (Å²) in [4.78, 5) is 29.6. The predicted octanol–water partition coefficient (Wildman–Crippen LogP) is 1.93. The molecule has 1 atom stereocenters. The van der Waals surface area contributed by atoms with Gasteiger partial charge in [-0.2, -0.15) is 0 Å². The summed E-state index contributed by atoms with van der Waals surface area (Å²) in [6, 6.07) is 3.59. The molecule has 2 rings (SSSR count). The van der Waals surface area contributed by atoms with Gasteiger partial charge < -0.3 is 20.3 Å². The molecule has 1 aromatic heterocycles. The molecular weight excluding hydrogens is 308 g/mol. The lowest BCUT2D eigenvalue weighted by Gasteiger charge is -2.24. The van der Waals surface area contributed by atoms with Crippen LogP contribution in [0.4, 0.5) is 9.59 Å². The van der Waals surface area contributed by atoms with Gasteiger partial charge in [-0.3, -0.25) is 4.98 Å². The first-order chi connectivity index (χ1) is 11.3. The van der Waals surface area contributed by atoms with E-state index >= 15 is 0 Å². The zero-order chi connectivity index (χ0) is 17.6. The lowest BCUT2D eigenvalue weighted by atomic mass is 10.2. The Bertz CT molecular complexity index is 557. The van der Waals surface area contributed by atoms with Crippen molar-refractivity contribution < 1.29 is 14.3 Å². The smallest absolute Gasteiger partial charge is 0.410 e. The molecule has 2 N–H and O–H groups in total. The third-order valence-corrected chi connectivity index (χ3v) is 3.60. The normalized spacial score (nSPS) is 17.5. The Hall–Kier alpha value is -2.31. The number of carbonyl (C=O) groups excluding carboxylic acids is 2. The van der Waals surface area contributed by atoms with E-state index in [4.69, 9.17) is 4.74 Å². The first-order valence-corrected chi connectivity index (χ1v) is 8.25. The topological polar surface area (TPSA) is 83.6 Å².